The molecule has 1 unspecified atom stereocenters. The molecule has 10 aromatic rings. The highest BCUT2D eigenvalue weighted by Crippen LogP contribution is 2.66. The van der Waals surface area contributed by atoms with Crippen LogP contribution in [0.4, 0.5) is 0 Å². The molecule has 1 spiro atoms. The molecule has 0 aliphatic heterocycles. The SMILES string of the molecule is c1ccc(-c2cc(-c3cccc(-c4ccc5c(c4)-c4ccccc4C54c5ccccc5-c5sc6ccccc6c54)c3)nc(-c3cccc4ccccc34)n2)cc1. The van der Waals surface area contributed by atoms with Gasteiger partial charge in [-0.3, -0.25) is 0 Å². The van der Waals surface area contributed by atoms with E-state index in [0.717, 1.165) is 44.9 Å². The summed E-state index contributed by atoms with van der Waals surface area (Å²) in [4.78, 5) is 11.8. The molecule has 1 atom stereocenters. The zero-order valence-corrected chi connectivity index (χ0v) is 31.1. The number of fused-ring (bicyclic) bond motifs is 13. The first-order valence-electron chi connectivity index (χ1n) is 19.2. The molecule has 56 heavy (non-hydrogen) atoms. The minimum atomic E-state index is -0.370. The van der Waals surface area contributed by atoms with Crippen molar-refractivity contribution in [3.05, 3.63) is 216 Å². The first kappa shape index (κ1) is 31.4. The smallest absolute Gasteiger partial charge is 0.161 e. The van der Waals surface area contributed by atoms with Crippen LogP contribution in [0.15, 0.2) is 194 Å². The van der Waals surface area contributed by atoms with Crippen molar-refractivity contribution in [1.29, 1.82) is 0 Å². The van der Waals surface area contributed by atoms with Gasteiger partial charge < -0.3 is 0 Å². The van der Waals surface area contributed by atoms with Gasteiger partial charge in [-0.15, -0.1) is 11.3 Å². The monoisotopic (exact) mass is 728 g/mol. The third-order valence-electron chi connectivity index (χ3n) is 11.9. The second-order valence-electron chi connectivity index (χ2n) is 14.8. The fourth-order valence-electron chi connectivity index (χ4n) is 9.52. The number of thiophene rings is 1. The summed E-state index contributed by atoms with van der Waals surface area (Å²) in [6.45, 7) is 0. The average Bonchev–Trinajstić information content (AvgIpc) is 3.90. The summed E-state index contributed by atoms with van der Waals surface area (Å²) in [5.74, 6) is 0.722. The molecule has 2 aliphatic rings. The quantitative estimate of drug-likeness (QED) is 0.180. The maximum Gasteiger partial charge on any atom is 0.161 e. The Balaban J connectivity index is 1.03. The van der Waals surface area contributed by atoms with Gasteiger partial charge in [-0.05, 0) is 90.5 Å². The Morgan fingerprint density at radius 3 is 1.84 bits per heavy atom. The van der Waals surface area contributed by atoms with Crippen molar-refractivity contribution in [2.75, 3.05) is 0 Å². The Hall–Kier alpha value is -6.94. The maximum absolute atomic E-state index is 5.27. The van der Waals surface area contributed by atoms with Crippen LogP contribution in [0.25, 0.3) is 87.5 Å². The minimum absolute atomic E-state index is 0.370. The van der Waals surface area contributed by atoms with E-state index in [2.05, 4.69) is 188 Å². The van der Waals surface area contributed by atoms with Crippen LogP contribution in [0.1, 0.15) is 22.3 Å². The summed E-state index contributed by atoms with van der Waals surface area (Å²) in [5, 5.41) is 3.67. The fourth-order valence-corrected chi connectivity index (χ4v) is 10.8. The summed E-state index contributed by atoms with van der Waals surface area (Å²) < 4.78 is 1.34. The van der Waals surface area contributed by atoms with Crippen LogP contribution in [-0.2, 0) is 5.41 Å². The molecule has 260 valence electrons. The van der Waals surface area contributed by atoms with Crippen LogP contribution in [0.3, 0.4) is 0 Å². The molecule has 12 rings (SSSR count). The van der Waals surface area contributed by atoms with Gasteiger partial charge in [-0.25, -0.2) is 9.97 Å². The van der Waals surface area contributed by atoms with E-state index in [1.807, 2.05) is 17.4 Å². The summed E-state index contributed by atoms with van der Waals surface area (Å²) >= 11 is 1.93. The van der Waals surface area contributed by atoms with Gasteiger partial charge in [-0.1, -0.05) is 170 Å². The molecule has 0 fully saturated rings. The maximum atomic E-state index is 5.27. The standard InChI is InChI=1S/C53H32N2S/c1-2-15-34(16-3-1)47-32-48(55-52(54-47)40-24-13-17-33-14-4-5-20-38(33)40)37-19-12-18-35(30-37)36-28-29-46-43(31-36)39-21-6-9-25-44(39)53(46)45-26-10-7-22-41(45)51-50(53)42-23-8-11-27-49(42)56-51/h1-32H. The van der Waals surface area contributed by atoms with Crippen molar-refractivity contribution in [3.8, 4) is 66.6 Å². The summed E-state index contributed by atoms with van der Waals surface area (Å²) in [6.07, 6.45) is 0. The Kier molecular flexibility index (Phi) is 6.75. The average molecular weight is 729 g/mol. The molecule has 2 nitrogen and oxygen atoms in total. The lowest BCUT2D eigenvalue weighted by Gasteiger charge is -2.30. The largest absolute Gasteiger partial charge is 0.228 e. The predicted molar refractivity (Wildman–Crippen MR) is 233 cm³/mol. The summed E-state index contributed by atoms with van der Waals surface area (Å²) in [7, 11) is 0. The van der Waals surface area contributed by atoms with Crippen molar-refractivity contribution in [2.24, 2.45) is 0 Å². The Bertz CT molecular complexity index is 3210. The van der Waals surface area contributed by atoms with Crippen molar-refractivity contribution in [3.63, 3.8) is 0 Å². The lowest BCUT2D eigenvalue weighted by Crippen LogP contribution is -2.25. The van der Waals surface area contributed by atoms with E-state index >= 15 is 0 Å². The second-order valence-corrected chi connectivity index (χ2v) is 15.9. The molecular formula is C53H32N2S. The van der Waals surface area contributed by atoms with Gasteiger partial charge in [0.05, 0.1) is 16.8 Å². The van der Waals surface area contributed by atoms with E-state index in [1.54, 1.807) is 0 Å². The lowest BCUT2D eigenvalue weighted by atomic mass is 9.70. The predicted octanol–water partition coefficient (Wildman–Crippen LogP) is 13.9. The molecule has 0 bridgehead atoms. The third kappa shape index (κ3) is 4.43. The highest BCUT2D eigenvalue weighted by Gasteiger charge is 2.53. The third-order valence-corrected chi connectivity index (χ3v) is 13.1. The molecule has 0 N–H and O–H groups in total. The first-order valence-corrected chi connectivity index (χ1v) is 20.0. The van der Waals surface area contributed by atoms with Crippen molar-refractivity contribution in [2.45, 2.75) is 5.41 Å². The number of hydrogen-bond donors (Lipinski definition) is 0. The van der Waals surface area contributed by atoms with Crippen LogP contribution in [0.5, 0.6) is 0 Å². The van der Waals surface area contributed by atoms with Crippen LogP contribution in [0.2, 0.25) is 0 Å². The number of hydrogen-bond acceptors (Lipinski definition) is 3. The van der Waals surface area contributed by atoms with E-state index in [-0.39, 0.29) is 5.41 Å². The minimum Gasteiger partial charge on any atom is -0.228 e. The van der Waals surface area contributed by atoms with Crippen molar-refractivity contribution >= 4 is 32.2 Å². The molecule has 2 aliphatic carbocycles. The first-order chi connectivity index (χ1) is 27.8. The van der Waals surface area contributed by atoms with E-state index in [4.69, 9.17) is 9.97 Å². The molecule has 0 amide bonds. The van der Waals surface area contributed by atoms with E-state index in [0.29, 0.717) is 0 Å². The molecule has 3 heteroatoms. The summed E-state index contributed by atoms with van der Waals surface area (Å²) in [6, 6.07) is 70.5. The number of benzene rings is 8. The van der Waals surface area contributed by atoms with Crippen LogP contribution < -0.4 is 0 Å². The fraction of sp³-hybridized carbons (Fsp3) is 0.0189. The zero-order chi connectivity index (χ0) is 36.8. The Morgan fingerprint density at radius 2 is 0.964 bits per heavy atom. The molecule has 8 aromatic carbocycles. The highest BCUT2D eigenvalue weighted by molar-refractivity contribution is 7.22. The molecular weight excluding hydrogens is 697 g/mol. The van der Waals surface area contributed by atoms with Crippen LogP contribution in [-0.4, -0.2) is 9.97 Å². The van der Waals surface area contributed by atoms with Gasteiger partial charge in [0.1, 0.15) is 0 Å². The van der Waals surface area contributed by atoms with E-state index in [9.17, 15) is 0 Å². The molecule has 0 saturated carbocycles. The molecule has 0 radical (unpaired) electrons. The van der Waals surface area contributed by atoms with Crippen LogP contribution >= 0.6 is 11.3 Å². The number of rotatable bonds is 4. The normalized spacial score (nSPS) is 14.9. The zero-order valence-electron chi connectivity index (χ0n) is 30.3. The molecule has 2 heterocycles. The van der Waals surface area contributed by atoms with Crippen molar-refractivity contribution in [1.82, 2.24) is 9.97 Å². The molecule has 0 saturated heterocycles. The van der Waals surface area contributed by atoms with Gasteiger partial charge in [0, 0.05) is 26.3 Å². The second kappa shape index (κ2) is 12.0. The molecule has 2 aromatic heterocycles. The van der Waals surface area contributed by atoms with Gasteiger partial charge in [-0.2, -0.15) is 0 Å². The highest BCUT2D eigenvalue weighted by atomic mass is 32.1. The Morgan fingerprint density at radius 1 is 0.375 bits per heavy atom. The van der Waals surface area contributed by atoms with Gasteiger partial charge in [0.15, 0.2) is 5.82 Å². The van der Waals surface area contributed by atoms with Crippen molar-refractivity contribution < 1.29 is 0 Å². The van der Waals surface area contributed by atoms with Gasteiger partial charge in [0.25, 0.3) is 0 Å². The number of nitrogens with zero attached hydrogens (tertiary/aromatic N) is 2. The van der Waals surface area contributed by atoms with E-state index in [1.165, 1.54) is 64.9 Å². The number of aromatic nitrogens is 2. The van der Waals surface area contributed by atoms with Gasteiger partial charge >= 0.3 is 0 Å². The van der Waals surface area contributed by atoms with Crippen LogP contribution in [0, 0.1) is 0 Å². The summed E-state index contributed by atoms with van der Waals surface area (Å²) in [5.41, 5.74) is 16.4. The Labute approximate surface area is 329 Å². The lowest BCUT2D eigenvalue weighted by molar-refractivity contribution is 0.803. The van der Waals surface area contributed by atoms with E-state index < -0.39 is 0 Å². The topological polar surface area (TPSA) is 25.8 Å². The van der Waals surface area contributed by atoms with Gasteiger partial charge in [0.2, 0.25) is 0 Å².